The van der Waals surface area contributed by atoms with Crippen LogP contribution in [0.2, 0.25) is 0 Å². The van der Waals surface area contributed by atoms with Crippen LogP contribution in [0.4, 0.5) is 0 Å². The predicted molar refractivity (Wildman–Crippen MR) is 139 cm³/mol. The van der Waals surface area contributed by atoms with Crippen molar-refractivity contribution < 1.29 is 4.79 Å². The number of carbonyl (C=O) groups is 1. The van der Waals surface area contributed by atoms with Gasteiger partial charge in [-0.3, -0.25) is 9.20 Å². The molecule has 0 bridgehead atoms. The van der Waals surface area contributed by atoms with E-state index in [1.165, 1.54) is 11.3 Å². The van der Waals surface area contributed by atoms with E-state index < -0.39 is 0 Å². The highest BCUT2D eigenvalue weighted by Gasteiger charge is 2.18. The van der Waals surface area contributed by atoms with Crippen LogP contribution in [0.1, 0.15) is 32.7 Å². The van der Waals surface area contributed by atoms with Crippen molar-refractivity contribution in [1.82, 2.24) is 14.3 Å². The van der Waals surface area contributed by atoms with E-state index in [4.69, 9.17) is 4.98 Å². The van der Waals surface area contributed by atoms with Crippen LogP contribution < -0.4 is 0 Å². The molecule has 1 amide bonds. The second-order valence-corrected chi connectivity index (χ2v) is 9.54. The van der Waals surface area contributed by atoms with E-state index in [0.717, 1.165) is 39.3 Å². The third kappa shape index (κ3) is 4.80. The van der Waals surface area contributed by atoms with Gasteiger partial charge in [0.15, 0.2) is 4.96 Å². The van der Waals surface area contributed by atoms with Gasteiger partial charge in [-0.2, -0.15) is 0 Å². The summed E-state index contributed by atoms with van der Waals surface area (Å²) in [5.74, 6) is 0.0568. The Kier molecular flexibility index (Phi) is 6.28. The van der Waals surface area contributed by atoms with Crippen LogP contribution >= 0.6 is 11.3 Å². The minimum atomic E-state index is 0.0568. The highest BCUT2D eigenvalue weighted by Crippen LogP contribution is 2.24. The molecule has 0 N–H and O–H groups in total. The Morgan fingerprint density at radius 3 is 2.29 bits per heavy atom. The fourth-order valence-electron chi connectivity index (χ4n) is 4.06. The number of benzene rings is 3. The Morgan fingerprint density at radius 1 is 0.912 bits per heavy atom. The van der Waals surface area contributed by atoms with Gasteiger partial charge in [-0.25, -0.2) is 4.98 Å². The number of amides is 1. The zero-order valence-electron chi connectivity index (χ0n) is 19.4. The van der Waals surface area contributed by atoms with Gasteiger partial charge in [0.2, 0.25) is 0 Å². The molecule has 4 nitrogen and oxygen atoms in total. The highest BCUT2D eigenvalue weighted by atomic mass is 32.1. The van der Waals surface area contributed by atoms with Gasteiger partial charge in [0.25, 0.3) is 5.91 Å². The Labute approximate surface area is 204 Å². The molecule has 5 heteroatoms. The predicted octanol–water partition coefficient (Wildman–Crippen LogP) is 6.56. The van der Waals surface area contributed by atoms with E-state index in [9.17, 15) is 4.79 Å². The average molecular weight is 466 g/mol. The van der Waals surface area contributed by atoms with E-state index in [-0.39, 0.29) is 5.91 Å². The SMILES string of the molecule is Cc1ccc(C(=O)N(CCc2csc3nc(-c4ccc(C)cc4)cn23)Cc2ccccc2)cc1. The number of thiazole rings is 1. The summed E-state index contributed by atoms with van der Waals surface area (Å²) in [6.45, 7) is 5.34. The van der Waals surface area contributed by atoms with Gasteiger partial charge < -0.3 is 4.90 Å². The van der Waals surface area contributed by atoms with Crippen molar-refractivity contribution in [2.24, 2.45) is 0 Å². The first-order chi connectivity index (χ1) is 16.6. The molecular formula is C29H27N3OS. The Morgan fingerprint density at radius 2 is 1.59 bits per heavy atom. The molecule has 0 radical (unpaired) electrons. The van der Waals surface area contributed by atoms with E-state index in [0.29, 0.717) is 13.1 Å². The number of nitrogens with zero attached hydrogens (tertiary/aromatic N) is 3. The van der Waals surface area contributed by atoms with Crippen molar-refractivity contribution in [1.29, 1.82) is 0 Å². The first kappa shape index (κ1) is 22.1. The third-order valence-electron chi connectivity index (χ3n) is 6.07. The van der Waals surface area contributed by atoms with E-state index in [2.05, 4.69) is 59.3 Å². The molecule has 0 aliphatic rings. The molecule has 170 valence electrons. The lowest BCUT2D eigenvalue weighted by Gasteiger charge is -2.23. The molecule has 34 heavy (non-hydrogen) atoms. The summed E-state index contributed by atoms with van der Waals surface area (Å²) in [5.41, 5.74) is 7.50. The number of hydrogen-bond donors (Lipinski definition) is 0. The Balaban J connectivity index is 1.38. The molecule has 5 rings (SSSR count). The smallest absolute Gasteiger partial charge is 0.254 e. The van der Waals surface area contributed by atoms with Gasteiger partial charge in [-0.1, -0.05) is 77.9 Å². The van der Waals surface area contributed by atoms with E-state index >= 15 is 0 Å². The second kappa shape index (κ2) is 9.65. The number of hydrogen-bond acceptors (Lipinski definition) is 3. The molecule has 3 aromatic carbocycles. The standard InChI is InChI=1S/C29H27N3OS/c1-21-8-12-24(13-9-21)27-19-32-26(20-34-29(32)30-27)16-17-31(18-23-6-4-3-5-7-23)28(33)25-14-10-22(2)11-15-25/h3-15,19-20H,16-18H2,1-2H3. The van der Waals surface area contributed by atoms with Crippen LogP contribution in [-0.4, -0.2) is 26.7 Å². The molecule has 0 unspecified atom stereocenters. The summed E-state index contributed by atoms with van der Waals surface area (Å²) < 4.78 is 2.16. The van der Waals surface area contributed by atoms with Crippen LogP contribution in [0.5, 0.6) is 0 Å². The maximum absolute atomic E-state index is 13.4. The normalized spacial score (nSPS) is 11.1. The lowest BCUT2D eigenvalue weighted by molar-refractivity contribution is 0.0744. The highest BCUT2D eigenvalue weighted by molar-refractivity contribution is 7.15. The van der Waals surface area contributed by atoms with Gasteiger partial charge in [-0.05, 0) is 31.5 Å². The van der Waals surface area contributed by atoms with Crippen molar-refractivity contribution in [3.8, 4) is 11.3 Å². The van der Waals surface area contributed by atoms with Gasteiger partial charge >= 0.3 is 0 Å². The molecule has 2 heterocycles. The number of fused-ring (bicyclic) bond motifs is 1. The number of carbonyl (C=O) groups excluding carboxylic acids is 1. The fraction of sp³-hybridized carbons (Fsp3) is 0.172. The molecule has 0 saturated heterocycles. The number of rotatable bonds is 7. The number of aryl methyl sites for hydroxylation is 2. The van der Waals surface area contributed by atoms with Crippen molar-refractivity contribution in [3.05, 3.63) is 118 Å². The van der Waals surface area contributed by atoms with Crippen LogP contribution in [0.25, 0.3) is 16.2 Å². The zero-order valence-corrected chi connectivity index (χ0v) is 20.3. The molecule has 0 aliphatic heterocycles. The first-order valence-electron chi connectivity index (χ1n) is 11.5. The van der Waals surface area contributed by atoms with Crippen molar-refractivity contribution in [2.45, 2.75) is 26.8 Å². The van der Waals surface area contributed by atoms with Crippen LogP contribution in [0.15, 0.2) is 90.4 Å². The molecule has 0 fully saturated rings. The average Bonchev–Trinajstić information content (AvgIpc) is 3.44. The molecule has 0 spiro atoms. The molecule has 0 atom stereocenters. The fourth-order valence-corrected chi connectivity index (χ4v) is 4.96. The summed E-state index contributed by atoms with van der Waals surface area (Å²) in [5, 5.41) is 2.15. The molecular weight excluding hydrogens is 438 g/mol. The maximum Gasteiger partial charge on any atom is 0.254 e. The van der Waals surface area contributed by atoms with Crippen molar-refractivity contribution in [2.75, 3.05) is 6.54 Å². The summed E-state index contributed by atoms with van der Waals surface area (Å²) in [4.78, 5) is 21.2. The Hall–Kier alpha value is -3.70. The Bertz CT molecular complexity index is 1400. The van der Waals surface area contributed by atoms with Gasteiger partial charge in [0, 0.05) is 47.9 Å². The first-order valence-corrected chi connectivity index (χ1v) is 12.4. The largest absolute Gasteiger partial charge is 0.334 e. The number of imidazole rings is 1. The van der Waals surface area contributed by atoms with Crippen molar-refractivity contribution in [3.63, 3.8) is 0 Å². The van der Waals surface area contributed by atoms with Crippen LogP contribution in [0.3, 0.4) is 0 Å². The molecule has 0 aliphatic carbocycles. The van der Waals surface area contributed by atoms with Gasteiger partial charge in [0.05, 0.1) is 5.69 Å². The van der Waals surface area contributed by atoms with Gasteiger partial charge in [-0.15, -0.1) is 11.3 Å². The summed E-state index contributed by atoms with van der Waals surface area (Å²) >= 11 is 1.64. The second-order valence-electron chi connectivity index (χ2n) is 8.70. The minimum Gasteiger partial charge on any atom is -0.334 e. The summed E-state index contributed by atoms with van der Waals surface area (Å²) in [6, 6.07) is 26.5. The van der Waals surface area contributed by atoms with E-state index in [1.54, 1.807) is 11.3 Å². The van der Waals surface area contributed by atoms with E-state index in [1.807, 2.05) is 54.3 Å². The van der Waals surface area contributed by atoms with Gasteiger partial charge in [0.1, 0.15) is 0 Å². The van der Waals surface area contributed by atoms with Crippen LogP contribution in [0, 0.1) is 13.8 Å². The quantitative estimate of drug-likeness (QED) is 0.273. The lowest BCUT2D eigenvalue weighted by Crippen LogP contribution is -2.32. The van der Waals surface area contributed by atoms with Crippen molar-refractivity contribution >= 4 is 22.2 Å². The number of aromatic nitrogens is 2. The summed E-state index contributed by atoms with van der Waals surface area (Å²) in [7, 11) is 0. The molecule has 0 saturated carbocycles. The lowest BCUT2D eigenvalue weighted by atomic mass is 10.1. The maximum atomic E-state index is 13.4. The molecule has 2 aromatic heterocycles. The van der Waals surface area contributed by atoms with Crippen LogP contribution in [-0.2, 0) is 13.0 Å². The monoisotopic (exact) mass is 465 g/mol. The third-order valence-corrected chi connectivity index (χ3v) is 6.96. The topological polar surface area (TPSA) is 37.6 Å². The summed E-state index contributed by atoms with van der Waals surface area (Å²) in [6.07, 6.45) is 2.86. The minimum absolute atomic E-state index is 0.0568. The zero-order chi connectivity index (χ0) is 23.5. The molecule has 5 aromatic rings.